The molecule has 1 aromatic carbocycles. The van der Waals surface area contributed by atoms with Gasteiger partial charge in [0.05, 0.1) is 27.2 Å². The first-order valence-electron chi connectivity index (χ1n) is 8.94. The minimum Gasteiger partial charge on any atom is -0.493 e. The van der Waals surface area contributed by atoms with Crippen molar-refractivity contribution in [3.63, 3.8) is 0 Å². The highest BCUT2D eigenvalue weighted by Gasteiger charge is 2.35. The number of aromatic nitrogens is 1. The Balaban J connectivity index is 1.76. The van der Waals surface area contributed by atoms with E-state index in [1.165, 1.54) is 33.1 Å². The summed E-state index contributed by atoms with van der Waals surface area (Å²) in [6.45, 7) is 0.384. The monoisotopic (exact) mass is 417 g/mol. The summed E-state index contributed by atoms with van der Waals surface area (Å²) < 4.78 is 16.0. The third kappa shape index (κ3) is 4.56. The summed E-state index contributed by atoms with van der Waals surface area (Å²) in [5.74, 6) is 1.71. The summed E-state index contributed by atoms with van der Waals surface area (Å²) in [4.78, 5) is 31.4. The molecule has 1 aliphatic heterocycles. The van der Waals surface area contributed by atoms with Crippen LogP contribution in [0.15, 0.2) is 36.7 Å². The second-order valence-electron chi connectivity index (χ2n) is 6.28. The Morgan fingerprint density at radius 3 is 2.38 bits per heavy atom. The highest BCUT2D eigenvalue weighted by molar-refractivity contribution is 7.99. The van der Waals surface area contributed by atoms with Crippen molar-refractivity contribution in [1.29, 1.82) is 0 Å². The van der Waals surface area contributed by atoms with Gasteiger partial charge in [-0.1, -0.05) is 0 Å². The molecule has 1 aromatic heterocycles. The fourth-order valence-corrected chi connectivity index (χ4v) is 4.19. The van der Waals surface area contributed by atoms with Crippen LogP contribution < -0.4 is 19.5 Å². The zero-order chi connectivity index (χ0) is 20.8. The van der Waals surface area contributed by atoms with Crippen molar-refractivity contribution in [2.24, 2.45) is 0 Å². The standard InChI is InChI=1S/C20H23N3O5S/c1-26-16-8-14(9-17(27-2)18(16)28-3)20(25)23-12-29-11-15(23)19(24)22-10-13-4-6-21-7-5-13/h4-9,15H,10-12H2,1-3H3,(H,22,24). The average molecular weight is 417 g/mol. The fourth-order valence-electron chi connectivity index (χ4n) is 3.04. The third-order valence-corrected chi connectivity index (χ3v) is 5.59. The van der Waals surface area contributed by atoms with Crippen LogP contribution >= 0.6 is 11.8 Å². The number of methoxy groups -OCH3 is 3. The van der Waals surface area contributed by atoms with Crippen LogP contribution in [-0.4, -0.2) is 60.7 Å². The molecule has 9 heteroatoms. The molecule has 3 rings (SSSR count). The molecule has 0 aliphatic carbocycles. The smallest absolute Gasteiger partial charge is 0.255 e. The third-order valence-electron chi connectivity index (χ3n) is 4.57. The SMILES string of the molecule is COc1cc(C(=O)N2CSCC2C(=O)NCc2ccncc2)cc(OC)c1OC. The van der Waals surface area contributed by atoms with Gasteiger partial charge in [0, 0.05) is 30.3 Å². The number of ether oxygens (including phenoxy) is 3. The summed E-state index contributed by atoms with van der Waals surface area (Å²) in [6, 6.07) is 6.32. The van der Waals surface area contributed by atoms with Crippen molar-refractivity contribution in [2.75, 3.05) is 33.0 Å². The van der Waals surface area contributed by atoms with Gasteiger partial charge in [-0.2, -0.15) is 0 Å². The van der Waals surface area contributed by atoms with Crippen LogP contribution in [-0.2, 0) is 11.3 Å². The van der Waals surface area contributed by atoms with Gasteiger partial charge < -0.3 is 24.4 Å². The van der Waals surface area contributed by atoms with Crippen LogP contribution in [0.2, 0.25) is 0 Å². The van der Waals surface area contributed by atoms with Crippen LogP contribution in [0.25, 0.3) is 0 Å². The lowest BCUT2D eigenvalue weighted by Crippen LogP contribution is -2.47. The molecule has 1 saturated heterocycles. The van der Waals surface area contributed by atoms with E-state index in [4.69, 9.17) is 14.2 Å². The Morgan fingerprint density at radius 1 is 1.14 bits per heavy atom. The number of carbonyl (C=O) groups excluding carboxylic acids is 2. The highest BCUT2D eigenvalue weighted by atomic mass is 32.2. The molecule has 2 heterocycles. The van der Waals surface area contributed by atoms with Crippen molar-refractivity contribution in [2.45, 2.75) is 12.6 Å². The van der Waals surface area contributed by atoms with Crippen molar-refractivity contribution in [1.82, 2.24) is 15.2 Å². The quantitative estimate of drug-likeness (QED) is 0.736. The first kappa shape index (κ1) is 20.8. The molecule has 0 radical (unpaired) electrons. The lowest BCUT2D eigenvalue weighted by Gasteiger charge is -2.24. The number of benzene rings is 1. The number of hydrogen-bond donors (Lipinski definition) is 1. The normalized spacial score (nSPS) is 15.7. The fraction of sp³-hybridized carbons (Fsp3) is 0.350. The Morgan fingerprint density at radius 2 is 1.79 bits per heavy atom. The molecule has 8 nitrogen and oxygen atoms in total. The van der Waals surface area contributed by atoms with Crippen molar-refractivity contribution in [3.8, 4) is 17.2 Å². The molecule has 2 aromatic rings. The van der Waals surface area contributed by atoms with E-state index in [2.05, 4.69) is 10.3 Å². The van der Waals surface area contributed by atoms with Crippen LogP contribution in [0.1, 0.15) is 15.9 Å². The predicted octanol–water partition coefficient (Wildman–Crippen LogP) is 1.94. The second-order valence-corrected chi connectivity index (χ2v) is 7.28. The lowest BCUT2D eigenvalue weighted by molar-refractivity contribution is -0.124. The van der Waals surface area contributed by atoms with Gasteiger partial charge in [-0.3, -0.25) is 14.6 Å². The summed E-state index contributed by atoms with van der Waals surface area (Å²) in [7, 11) is 4.49. The van der Waals surface area contributed by atoms with Crippen molar-refractivity contribution >= 4 is 23.6 Å². The van der Waals surface area contributed by atoms with E-state index in [0.717, 1.165) is 5.56 Å². The van der Waals surface area contributed by atoms with E-state index in [0.29, 0.717) is 41.0 Å². The van der Waals surface area contributed by atoms with E-state index >= 15 is 0 Å². The van der Waals surface area contributed by atoms with Gasteiger partial charge in [-0.05, 0) is 29.8 Å². The summed E-state index contributed by atoms with van der Waals surface area (Å²) >= 11 is 1.54. The van der Waals surface area contributed by atoms with Gasteiger partial charge in [-0.25, -0.2) is 0 Å². The van der Waals surface area contributed by atoms with E-state index in [9.17, 15) is 9.59 Å². The number of hydrogen-bond acceptors (Lipinski definition) is 7. The van der Waals surface area contributed by atoms with Crippen LogP contribution in [0.4, 0.5) is 0 Å². The van der Waals surface area contributed by atoms with Gasteiger partial charge >= 0.3 is 0 Å². The van der Waals surface area contributed by atoms with Crippen molar-refractivity contribution in [3.05, 3.63) is 47.8 Å². The first-order valence-corrected chi connectivity index (χ1v) is 10.1. The topological polar surface area (TPSA) is 90.0 Å². The Kier molecular flexibility index (Phi) is 6.82. The van der Waals surface area contributed by atoms with Crippen LogP contribution in [0.5, 0.6) is 17.2 Å². The van der Waals surface area contributed by atoms with E-state index in [1.807, 2.05) is 12.1 Å². The van der Waals surface area contributed by atoms with Gasteiger partial charge in [0.15, 0.2) is 11.5 Å². The molecule has 154 valence electrons. The van der Waals surface area contributed by atoms with E-state index in [-0.39, 0.29) is 11.8 Å². The molecule has 1 aliphatic rings. The zero-order valence-electron chi connectivity index (χ0n) is 16.5. The minimum absolute atomic E-state index is 0.187. The van der Waals surface area contributed by atoms with Crippen LogP contribution in [0.3, 0.4) is 0 Å². The number of carbonyl (C=O) groups is 2. The summed E-state index contributed by atoms with van der Waals surface area (Å²) in [6.07, 6.45) is 3.35. The molecule has 1 N–H and O–H groups in total. The molecular weight excluding hydrogens is 394 g/mol. The predicted molar refractivity (Wildman–Crippen MR) is 109 cm³/mol. The van der Waals surface area contributed by atoms with Gasteiger partial charge in [-0.15, -0.1) is 11.8 Å². The average Bonchev–Trinajstić information content (AvgIpc) is 3.26. The summed E-state index contributed by atoms with van der Waals surface area (Å²) in [5.41, 5.74) is 1.32. The maximum Gasteiger partial charge on any atom is 0.255 e. The van der Waals surface area contributed by atoms with Crippen molar-refractivity contribution < 1.29 is 23.8 Å². The van der Waals surface area contributed by atoms with E-state index < -0.39 is 6.04 Å². The second kappa shape index (κ2) is 9.51. The molecule has 1 atom stereocenters. The molecule has 0 spiro atoms. The van der Waals surface area contributed by atoms with E-state index in [1.54, 1.807) is 29.4 Å². The number of nitrogens with zero attached hydrogens (tertiary/aromatic N) is 2. The molecule has 0 saturated carbocycles. The van der Waals surface area contributed by atoms with Gasteiger partial charge in [0.2, 0.25) is 11.7 Å². The number of rotatable bonds is 7. The molecule has 2 amide bonds. The molecular formula is C20H23N3O5S. The zero-order valence-corrected chi connectivity index (χ0v) is 17.3. The Labute approximate surface area is 173 Å². The minimum atomic E-state index is -0.548. The highest BCUT2D eigenvalue weighted by Crippen LogP contribution is 2.39. The molecule has 0 bridgehead atoms. The Hall–Kier alpha value is -2.94. The maximum atomic E-state index is 13.1. The Bertz CT molecular complexity index is 853. The number of amides is 2. The van der Waals surface area contributed by atoms with Crippen LogP contribution in [0, 0.1) is 0 Å². The van der Waals surface area contributed by atoms with Gasteiger partial charge in [0.1, 0.15) is 6.04 Å². The first-order chi connectivity index (χ1) is 14.1. The number of nitrogens with one attached hydrogen (secondary N) is 1. The number of thioether (sulfide) groups is 1. The molecule has 29 heavy (non-hydrogen) atoms. The molecule has 1 unspecified atom stereocenters. The largest absolute Gasteiger partial charge is 0.493 e. The van der Waals surface area contributed by atoms with Gasteiger partial charge in [0.25, 0.3) is 5.91 Å². The number of pyridine rings is 1. The molecule has 1 fully saturated rings. The lowest BCUT2D eigenvalue weighted by atomic mass is 10.1. The maximum absolute atomic E-state index is 13.1. The summed E-state index contributed by atoms with van der Waals surface area (Å²) in [5, 5.41) is 2.90.